The van der Waals surface area contributed by atoms with Crippen LogP contribution in [0.25, 0.3) is 0 Å². The zero-order chi connectivity index (χ0) is 11.9. The largest absolute Gasteiger partial charge is 0.469 e. The highest BCUT2D eigenvalue weighted by Crippen LogP contribution is 2.16. The molecule has 0 aliphatic carbocycles. The lowest BCUT2D eigenvalue weighted by Crippen LogP contribution is -2.41. The monoisotopic (exact) mass is 217 g/mol. The summed E-state index contributed by atoms with van der Waals surface area (Å²) in [6.45, 7) is 6.48. The maximum atomic E-state index is 11.4. The van der Waals surface area contributed by atoms with Crippen LogP contribution < -0.4 is 5.32 Å². The third-order valence-corrected chi connectivity index (χ3v) is 2.54. The van der Waals surface area contributed by atoms with Gasteiger partial charge in [0.25, 0.3) is 0 Å². The van der Waals surface area contributed by atoms with Gasteiger partial charge in [-0.25, -0.2) is 0 Å². The summed E-state index contributed by atoms with van der Waals surface area (Å²) in [5.41, 5.74) is -0.516. The second-order valence-electron chi connectivity index (χ2n) is 4.37. The quantitative estimate of drug-likeness (QED) is 0.623. The average molecular weight is 217 g/mol. The Labute approximate surface area is 92.0 Å². The van der Waals surface area contributed by atoms with Gasteiger partial charge in [-0.15, -0.1) is 0 Å². The molecule has 0 aromatic carbocycles. The molecule has 90 valence electrons. The van der Waals surface area contributed by atoms with E-state index in [2.05, 4.69) is 12.2 Å². The zero-order valence-corrected chi connectivity index (χ0v) is 10.2. The third-order valence-electron chi connectivity index (χ3n) is 2.54. The third kappa shape index (κ3) is 5.14. The van der Waals surface area contributed by atoms with E-state index < -0.39 is 5.41 Å². The van der Waals surface area contributed by atoms with E-state index in [1.54, 1.807) is 0 Å². The van der Waals surface area contributed by atoms with E-state index in [0.717, 1.165) is 6.42 Å². The summed E-state index contributed by atoms with van der Waals surface area (Å²) in [4.78, 5) is 11.4. The molecule has 0 aliphatic rings. The van der Waals surface area contributed by atoms with Crippen LogP contribution in [-0.4, -0.2) is 37.4 Å². The predicted molar refractivity (Wildman–Crippen MR) is 59.6 cm³/mol. The van der Waals surface area contributed by atoms with Gasteiger partial charge in [0.05, 0.1) is 12.5 Å². The van der Waals surface area contributed by atoms with Crippen LogP contribution in [0.1, 0.15) is 33.6 Å². The first kappa shape index (κ1) is 14.4. The van der Waals surface area contributed by atoms with Gasteiger partial charge in [-0.05, 0) is 26.7 Å². The molecule has 0 aromatic rings. The maximum absolute atomic E-state index is 11.4. The molecule has 0 spiro atoms. The van der Waals surface area contributed by atoms with Gasteiger partial charge in [0.2, 0.25) is 0 Å². The standard InChI is InChI=1S/C11H23NO3/c1-5-9(6-7-13)12-8-11(2,3)10(14)15-4/h9,12-13H,5-8H2,1-4H3. The Morgan fingerprint density at radius 1 is 1.53 bits per heavy atom. The number of aliphatic hydroxyl groups is 1. The Kier molecular flexibility index (Phi) is 6.52. The number of aliphatic hydroxyl groups excluding tert-OH is 1. The normalized spacial score (nSPS) is 13.7. The number of methoxy groups -OCH3 is 1. The number of carbonyl (C=O) groups excluding carboxylic acids is 1. The van der Waals surface area contributed by atoms with Gasteiger partial charge in [-0.1, -0.05) is 6.92 Å². The zero-order valence-electron chi connectivity index (χ0n) is 10.2. The summed E-state index contributed by atoms with van der Waals surface area (Å²) in [5, 5.41) is 12.1. The number of carbonyl (C=O) groups is 1. The topological polar surface area (TPSA) is 58.6 Å². The minimum absolute atomic E-state index is 0.171. The van der Waals surface area contributed by atoms with Gasteiger partial charge >= 0.3 is 5.97 Å². The van der Waals surface area contributed by atoms with Crippen molar-refractivity contribution >= 4 is 5.97 Å². The summed E-state index contributed by atoms with van der Waals surface area (Å²) >= 11 is 0. The van der Waals surface area contributed by atoms with Crippen LogP contribution in [0.2, 0.25) is 0 Å². The SMILES string of the molecule is CCC(CCO)NCC(C)(C)C(=O)OC. The van der Waals surface area contributed by atoms with Crippen molar-refractivity contribution in [1.82, 2.24) is 5.32 Å². The fourth-order valence-corrected chi connectivity index (χ4v) is 1.35. The van der Waals surface area contributed by atoms with Crippen molar-refractivity contribution in [3.8, 4) is 0 Å². The van der Waals surface area contributed by atoms with Crippen molar-refractivity contribution in [2.75, 3.05) is 20.3 Å². The lowest BCUT2D eigenvalue weighted by atomic mass is 9.93. The van der Waals surface area contributed by atoms with E-state index in [-0.39, 0.29) is 18.6 Å². The van der Waals surface area contributed by atoms with Gasteiger partial charge in [0.1, 0.15) is 0 Å². The van der Waals surface area contributed by atoms with Crippen LogP contribution in [0.4, 0.5) is 0 Å². The van der Waals surface area contributed by atoms with Crippen LogP contribution in [-0.2, 0) is 9.53 Å². The van der Waals surface area contributed by atoms with E-state index in [4.69, 9.17) is 9.84 Å². The number of esters is 1. The summed E-state index contributed by atoms with van der Waals surface area (Å²) in [6.07, 6.45) is 1.66. The second kappa shape index (κ2) is 6.80. The van der Waals surface area contributed by atoms with Crippen molar-refractivity contribution in [1.29, 1.82) is 0 Å². The maximum Gasteiger partial charge on any atom is 0.312 e. The number of rotatable bonds is 7. The van der Waals surface area contributed by atoms with Crippen LogP contribution >= 0.6 is 0 Å². The van der Waals surface area contributed by atoms with Crippen molar-refractivity contribution in [3.63, 3.8) is 0 Å². The van der Waals surface area contributed by atoms with Crippen LogP contribution in [0.15, 0.2) is 0 Å². The molecule has 4 nitrogen and oxygen atoms in total. The summed E-state index contributed by atoms with van der Waals surface area (Å²) in [5.74, 6) is -0.214. The molecule has 0 saturated heterocycles. The van der Waals surface area contributed by atoms with E-state index >= 15 is 0 Å². The van der Waals surface area contributed by atoms with E-state index in [1.165, 1.54) is 7.11 Å². The van der Waals surface area contributed by atoms with Gasteiger partial charge in [-0.3, -0.25) is 4.79 Å². The molecule has 15 heavy (non-hydrogen) atoms. The van der Waals surface area contributed by atoms with Crippen molar-refractivity contribution in [3.05, 3.63) is 0 Å². The van der Waals surface area contributed by atoms with Crippen LogP contribution in [0.5, 0.6) is 0 Å². The van der Waals surface area contributed by atoms with Gasteiger partial charge in [0, 0.05) is 19.2 Å². The first-order valence-electron chi connectivity index (χ1n) is 5.40. The number of hydrogen-bond acceptors (Lipinski definition) is 4. The molecular formula is C11H23NO3. The lowest BCUT2D eigenvalue weighted by Gasteiger charge is -2.25. The Morgan fingerprint density at radius 3 is 2.53 bits per heavy atom. The molecule has 0 fully saturated rings. The minimum Gasteiger partial charge on any atom is -0.469 e. The number of hydrogen-bond donors (Lipinski definition) is 2. The Hall–Kier alpha value is -0.610. The fourth-order valence-electron chi connectivity index (χ4n) is 1.35. The molecule has 0 amide bonds. The molecule has 2 N–H and O–H groups in total. The highest BCUT2D eigenvalue weighted by Gasteiger charge is 2.28. The molecule has 0 aliphatic heterocycles. The number of ether oxygens (including phenoxy) is 1. The Morgan fingerprint density at radius 2 is 2.13 bits per heavy atom. The molecule has 1 atom stereocenters. The van der Waals surface area contributed by atoms with Gasteiger partial charge < -0.3 is 15.2 Å². The van der Waals surface area contributed by atoms with E-state index in [0.29, 0.717) is 13.0 Å². The summed E-state index contributed by atoms with van der Waals surface area (Å²) in [6, 6.07) is 0.263. The molecule has 4 heteroatoms. The van der Waals surface area contributed by atoms with Gasteiger partial charge in [0.15, 0.2) is 0 Å². The highest BCUT2D eigenvalue weighted by molar-refractivity contribution is 5.76. The van der Waals surface area contributed by atoms with E-state index in [1.807, 2.05) is 13.8 Å². The van der Waals surface area contributed by atoms with Gasteiger partial charge in [-0.2, -0.15) is 0 Å². The summed E-state index contributed by atoms with van der Waals surface area (Å²) < 4.78 is 4.71. The Balaban J connectivity index is 4.05. The van der Waals surface area contributed by atoms with Crippen molar-refractivity contribution < 1.29 is 14.6 Å². The van der Waals surface area contributed by atoms with Crippen LogP contribution in [0, 0.1) is 5.41 Å². The fraction of sp³-hybridized carbons (Fsp3) is 0.909. The molecular weight excluding hydrogens is 194 g/mol. The van der Waals surface area contributed by atoms with Crippen molar-refractivity contribution in [2.45, 2.75) is 39.7 Å². The molecule has 0 heterocycles. The lowest BCUT2D eigenvalue weighted by molar-refractivity contribution is -0.150. The summed E-state index contributed by atoms with van der Waals surface area (Å²) in [7, 11) is 1.40. The Bertz CT molecular complexity index is 192. The van der Waals surface area contributed by atoms with E-state index in [9.17, 15) is 4.79 Å². The molecule has 0 aromatic heterocycles. The van der Waals surface area contributed by atoms with Crippen LogP contribution in [0.3, 0.4) is 0 Å². The first-order chi connectivity index (χ1) is 6.97. The molecule has 0 radical (unpaired) electrons. The molecule has 0 bridgehead atoms. The smallest absolute Gasteiger partial charge is 0.312 e. The molecule has 1 unspecified atom stereocenters. The second-order valence-corrected chi connectivity index (χ2v) is 4.37. The average Bonchev–Trinajstić information content (AvgIpc) is 2.22. The predicted octanol–water partition coefficient (Wildman–Crippen LogP) is 0.936. The minimum atomic E-state index is -0.516. The molecule has 0 rings (SSSR count). The number of nitrogens with one attached hydrogen (secondary N) is 1. The first-order valence-corrected chi connectivity index (χ1v) is 5.40. The highest BCUT2D eigenvalue weighted by atomic mass is 16.5. The van der Waals surface area contributed by atoms with Crippen molar-refractivity contribution in [2.24, 2.45) is 5.41 Å². The molecule has 0 saturated carbocycles.